The summed E-state index contributed by atoms with van der Waals surface area (Å²) in [4.78, 5) is 23.9. The zero-order chi connectivity index (χ0) is 20.0. The van der Waals surface area contributed by atoms with Crippen molar-refractivity contribution in [3.63, 3.8) is 0 Å². The first-order valence-corrected chi connectivity index (χ1v) is 9.97. The largest absolute Gasteiger partial charge is 0.455 e. The Hall–Kier alpha value is -2.27. The third-order valence-corrected chi connectivity index (χ3v) is 5.28. The number of sulfonamides is 1. The molecular weight excluding hydrogens is 386 g/mol. The molecule has 0 unspecified atom stereocenters. The van der Waals surface area contributed by atoms with Crippen LogP contribution in [0.25, 0.3) is 0 Å². The van der Waals surface area contributed by atoms with E-state index in [1.165, 1.54) is 28.6 Å². The van der Waals surface area contributed by atoms with E-state index in [0.717, 1.165) is 6.26 Å². The lowest BCUT2D eigenvalue weighted by Gasteiger charge is -2.28. The number of nitrogens with one attached hydrogen (secondary N) is 1. The summed E-state index contributed by atoms with van der Waals surface area (Å²) in [6, 6.07) is 5.63. The van der Waals surface area contributed by atoms with Gasteiger partial charge in [-0.2, -0.15) is 8.78 Å². The van der Waals surface area contributed by atoms with E-state index in [-0.39, 0.29) is 24.5 Å². The highest BCUT2D eigenvalue weighted by Crippen LogP contribution is 2.25. The van der Waals surface area contributed by atoms with Crippen LogP contribution in [0, 0.1) is 5.92 Å². The lowest BCUT2D eigenvalue weighted by molar-refractivity contribution is -0.152. The molecule has 150 valence electrons. The quantitative estimate of drug-likeness (QED) is 0.688. The average molecular weight is 406 g/mol. The number of piperidine rings is 1. The normalized spacial score (nSPS) is 16.1. The molecule has 1 aliphatic rings. The van der Waals surface area contributed by atoms with Crippen molar-refractivity contribution in [2.45, 2.75) is 19.5 Å². The molecule has 11 heteroatoms. The van der Waals surface area contributed by atoms with Crippen molar-refractivity contribution in [2.24, 2.45) is 5.92 Å². The molecule has 1 aromatic rings. The van der Waals surface area contributed by atoms with Crippen LogP contribution in [0.15, 0.2) is 24.3 Å². The summed E-state index contributed by atoms with van der Waals surface area (Å²) in [5.41, 5.74) is 0.0281. The standard InChI is InChI=1S/C16H20F2N2O6S/c1-27(23,24)20-8-6-11(7-9-20)15(22)25-10-14(21)19-12-4-2-3-5-13(12)26-16(17)18/h2-5,11,16H,6-10H2,1H3,(H,19,21). The maximum Gasteiger partial charge on any atom is 0.387 e. The van der Waals surface area contributed by atoms with Gasteiger partial charge >= 0.3 is 12.6 Å². The summed E-state index contributed by atoms with van der Waals surface area (Å²) in [6.07, 6.45) is 1.71. The van der Waals surface area contributed by atoms with Gasteiger partial charge in [-0.25, -0.2) is 12.7 Å². The van der Waals surface area contributed by atoms with Gasteiger partial charge in [-0.05, 0) is 25.0 Å². The molecule has 0 aromatic heterocycles. The van der Waals surface area contributed by atoms with Gasteiger partial charge in [0, 0.05) is 13.1 Å². The zero-order valence-corrected chi connectivity index (χ0v) is 15.4. The Morgan fingerprint density at radius 2 is 1.89 bits per heavy atom. The number of esters is 1. The minimum Gasteiger partial charge on any atom is -0.455 e. The Bertz CT molecular complexity index is 779. The highest BCUT2D eigenvalue weighted by atomic mass is 32.2. The van der Waals surface area contributed by atoms with Crippen LogP contribution in [0.5, 0.6) is 5.75 Å². The molecule has 1 heterocycles. The molecule has 0 spiro atoms. The van der Waals surface area contributed by atoms with Crippen LogP contribution in [0.4, 0.5) is 14.5 Å². The predicted molar refractivity (Wildman–Crippen MR) is 91.8 cm³/mol. The smallest absolute Gasteiger partial charge is 0.387 e. The van der Waals surface area contributed by atoms with Crippen molar-refractivity contribution in [3.8, 4) is 5.75 Å². The van der Waals surface area contributed by atoms with Gasteiger partial charge in [0.1, 0.15) is 5.75 Å². The second-order valence-electron chi connectivity index (χ2n) is 5.97. The number of para-hydroxylation sites is 2. The Morgan fingerprint density at radius 1 is 1.26 bits per heavy atom. The van der Waals surface area contributed by atoms with E-state index in [2.05, 4.69) is 10.1 Å². The lowest BCUT2D eigenvalue weighted by Crippen LogP contribution is -2.40. The maximum absolute atomic E-state index is 12.4. The van der Waals surface area contributed by atoms with Crippen LogP contribution in [0.1, 0.15) is 12.8 Å². The van der Waals surface area contributed by atoms with Crippen LogP contribution >= 0.6 is 0 Å². The zero-order valence-electron chi connectivity index (χ0n) is 14.6. The highest BCUT2D eigenvalue weighted by molar-refractivity contribution is 7.88. The molecule has 1 fully saturated rings. The molecule has 2 rings (SSSR count). The van der Waals surface area contributed by atoms with E-state index in [1.54, 1.807) is 0 Å². The van der Waals surface area contributed by atoms with Gasteiger partial charge in [-0.1, -0.05) is 12.1 Å². The molecule has 0 atom stereocenters. The van der Waals surface area contributed by atoms with Gasteiger partial charge in [0.2, 0.25) is 10.0 Å². The molecule has 1 N–H and O–H groups in total. The fourth-order valence-corrected chi connectivity index (χ4v) is 3.51. The fraction of sp³-hybridized carbons (Fsp3) is 0.500. The van der Waals surface area contributed by atoms with E-state index in [0.29, 0.717) is 12.8 Å². The van der Waals surface area contributed by atoms with Crippen molar-refractivity contribution >= 4 is 27.6 Å². The number of benzene rings is 1. The second kappa shape index (κ2) is 9.09. The van der Waals surface area contributed by atoms with E-state index in [1.807, 2.05) is 0 Å². The van der Waals surface area contributed by atoms with Crippen molar-refractivity contribution < 1.29 is 36.3 Å². The molecule has 1 saturated heterocycles. The van der Waals surface area contributed by atoms with Gasteiger partial charge in [-0.15, -0.1) is 0 Å². The van der Waals surface area contributed by atoms with E-state index in [4.69, 9.17) is 4.74 Å². The summed E-state index contributed by atoms with van der Waals surface area (Å²) >= 11 is 0. The number of carbonyl (C=O) groups is 2. The minimum atomic E-state index is -3.30. The number of amides is 1. The summed E-state index contributed by atoms with van der Waals surface area (Å²) < 4.78 is 58.1. The lowest BCUT2D eigenvalue weighted by atomic mass is 9.98. The fourth-order valence-electron chi connectivity index (χ4n) is 2.63. The summed E-state index contributed by atoms with van der Waals surface area (Å²) in [5, 5.41) is 2.34. The molecule has 0 radical (unpaired) electrons. The Balaban J connectivity index is 1.82. The van der Waals surface area contributed by atoms with E-state index in [9.17, 15) is 26.8 Å². The molecular formula is C16H20F2N2O6S. The van der Waals surface area contributed by atoms with Gasteiger partial charge in [0.25, 0.3) is 5.91 Å². The van der Waals surface area contributed by atoms with Crippen LogP contribution in [-0.4, -0.2) is 57.2 Å². The van der Waals surface area contributed by atoms with E-state index < -0.39 is 41.0 Å². The molecule has 1 aliphatic heterocycles. The van der Waals surface area contributed by atoms with Gasteiger partial charge in [0.05, 0.1) is 17.9 Å². The first-order chi connectivity index (χ1) is 12.7. The monoisotopic (exact) mass is 406 g/mol. The first kappa shape index (κ1) is 21.0. The predicted octanol–water partition coefficient (Wildman–Crippen LogP) is 1.44. The second-order valence-corrected chi connectivity index (χ2v) is 7.95. The number of hydrogen-bond donors (Lipinski definition) is 1. The number of anilines is 1. The topological polar surface area (TPSA) is 102 Å². The number of ether oxygens (including phenoxy) is 2. The number of nitrogens with zero attached hydrogens (tertiary/aromatic N) is 1. The average Bonchev–Trinajstić information content (AvgIpc) is 2.60. The molecule has 1 amide bonds. The molecule has 0 aliphatic carbocycles. The SMILES string of the molecule is CS(=O)(=O)N1CCC(C(=O)OCC(=O)Nc2ccccc2OC(F)F)CC1. The van der Waals surface area contributed by atoms with Crippen LogP contribution in [0.2, 0.25) is 0 Å². The van der Waals surface area contributed by atoms with Gasteiger partial charge < -0.3 is 14.8 Å². The Labute approximate surface area is 155 Å². The van der Waals surface area contributed by atoms with Gasteiger partial charge in [-0.3, -0.25) is 9.59 Å². The number of halogens is 2. The number of hydrogen-bond acceptors (Lipinski definition) is 6. The summed E-state index contributed by atoms with van der Waals surface area (Å²) in [6.45, 7) is -3.21. The number of rotatable bonds is 7. The highest BCUT2D eigenvalue weighted by Gasteiger charge is 2.30. The maximum atomic E-state index is 12.4. The van der Waals surface area contributed by atoms with Crippen LogP contribution in [0.3, 0.4) is 0 Å². The van der Waals surface area contributed by atoms with Crippen molar-refractivity contribution in [3.05, 3.63) is 24.3 Å². The third kappa shape index (κ3) is 6.43. The molecule has 0 bridgehead atoms. The first-order valence-electron chi connectivity index (χ1n) is 8.12. The number of carbonyl (C=O) groups excluding carboxylic acids is 2. The van der Waals surface area contributed by atoms with Crippen molar-refractivity contribution in [1.29, 1.82) is 0 Å². The Morgan fingerprint density at radius 3 is 2.48 bits per heavy atom. The summed E-state index contributed by atoms with van der Waals surface area (Å²) in [5.74, 6) is -2.01. The van der Waals surface area contributed by atoms with Crippen LogP contribution < -0.4 is 10.1 Å². The molecule has 1 aromatic carbocycles. The minimum absolute atomic E-state index is 0.0281. The summed E-state index contributed by atoms with van der Waals surface area (Å²) in [7, 11) is -3.30. The van der Waals surface area contributed by atoms with Gasteiger partial charge in [0.15, 0.2) is 6.61 Å². The van der Waals surface area contributed by atoms with E-state index >= 15 is 0 Å². The Kier molecular flexibility index (Phi) is 7.08. The van der Waals surface area contributed by atoms with Crippen molar-refractivity contribution in [1.82, 2.24) is 4.31 Å². The third-order valence-electron chi connectivity index (χ3n) is 3.98. The van der Waals surface area contributed by atoms with Crippen molar-refractivity contribution in [2.75, 3.05) is 31.3 Å². The molecule has 8 nitrogen and oxygen atoms in total. The molecule has 0 saturated carbocycles. The van der Waals surface area contributed by atoms with Crippen LogP contribution in [-0.2, 0) is 24.3 Å². The molecule has 27 heavy (non-hydrogen) atoms. The number of alkyl halides is 2.